The van der Waals surface area contributed by atoms with E-state index in [-0.39, 0.29) is 50.1 Å². The second-order valence-corrected chi connectivity index (χ2v) is 12.7. The summed E-state index contributed by atoms with van der Waals surface area (Å²) >= 11 is 0. The standard InChI is InChI=1S/C30H32F5NO5/c1-26-8-7-19(38)10-22(26)23(31)11-21-20-9-18-14-36(13-16-3-5-17(6-4-16)30(33,34)35)41-29(18,25(40)15-37)27(20,2)12-24(39)28(21,26)32/h3-8,18,20-21,24,37,39H,9-15H2,1-2H3/t18-,20-,21-,24-,26-,27-,28-,29-/m0/s1. The summed E-state index contributed by atoms with van der Waals surface area (Å²) in [5, 5.41) is 23.1. The highest BCUT2D eigenvalue weighted by Crippen LogP contribution is 2.72. The molecule has 1 aliphatic heterocycles. The van der Waals surface area contributed by atoms with E-state index < -0.39 is 75.9 Å². The first-order valence-electron chi connectivity index (χ1n) is 13.8. The number of Topliss-reactive ketones (excluding diaryl/α,β-unsaturated/α-hetero) is 1. The smallest absolute Gasteiger partial charge is 0.390 e. The van der Waals surface area contributed by atoms with Crippen molar-refractivity contribution in [2.24, 2.45) is 28.6 Å². The van der Waals surface area contributed by atoms with Crippen LogP contribution in [0.3, 0.4) is 0 Å². The van der Waals surface area contributed by atoms with Gasteiger partial charge in [-0.05, 0) is 55.0 Å². The number of hydrogen-bond acceptors (Lipinski definition) is 6. The second-order valence-electron chi connectivity index (χ2n) is 12.7. The number of carbonyl (C=O) groups excluding carboxylic acids is 2. The fourth-order valence-electron chi connectivity index (χ4n) is 9.01. The van der Waals surface area contributed by atoms with Gasteiger partial charge in [0.05, 0.1) is 11.7 Å². The summed E-state index contributed by atoms with van der Waals surface area (Å²) in [6.45, 7) is 2.60. The Balaban J connectivity index is 1.35. The molecule has 0 unspecified atom stereocenters. The van der Waals surface area contributed by atoms with Crippen LogP contribution in [0.5, 0.6) is 0 Å². The summed E-state index contributed by atoms with van der Waals surface area (Å²) in [5.74, 6) is -3.71. The van der Waals surface area contributed by atoms with Crippen molar-refractivity contribution < 1.29 is 46.6 Å². The normalized spacial score (nSPS) is 42.1. The van der Waals surface area contributed by atoms with Crippen LogP contribution in [0.2, 0.25) is 0 Å². The number of carbonyl (C=O) groups is 2. The van der Waals surface area contributed by atoms with E-state index in [1.165, 1.54) is 36.3 Å². The number of alkyl halides is 4. The van der Waals surface area contributed by atoms with Gasteiger partial charge in [0.2, 0.25) is 0 Å². The SMILES string of the molecule is C[C@]12C=CC(=O)CC1=C(F)C[C@H]1[C@@H]3C[C@H]4CN(Cc5ccc(C(F)(F)F)cc5)O[C@@]4(C(=O)CO)[C@@]3(C)C[C@H](O)[C@@]12F. The molecule has 11 heteroatoms. The minimum atomic E-state index is -4.48. The molecule has 1 saturated heterocycles. The lowest BCUT2D eigenvalue weighted by atomic mass is 9.45. The molecule has 8 atom stereocenters. The fraction of sp³-hybridized carbons (Fsp3) is 0.600. The van der Waals surface area contributed by atoms with Crippen molar-refractivity contribution in [3.63, 3.8) is 0 Å². The molecule has 222 valence electrons. The molecule has 2 N–H and O–H groups in total. The molecule has 4 aliphatic carbocycles. The highest BCUT2D eigenvalue weighted by atomic mass is 19.4. The summed E-state index contributed by atoms with van der Waals surface area (Å²) in [7, 11) is 0. The van der Waals surface area contributed by atoms with Crippen molar-refractivity contribution in [2.45, 2.75) is 69.6 Å². The van der Waals surface area contributed by atoms with Crippen LogP contribution in [0, 0.1) is 28.6 Å². The van der Waals surface area contributed by atoms with Crippen molar-refractivity contribution in [1.82, 2.24) is 5.06 Å². The Hall–Kier alpha value is -2.47. The van der Waals surface area contributed by atoms with Gasteiger partial charge in [0.1, 0.15) is 12.4 Å². The lowest BCUT2D eigenvalue weighted by Crippen LogP contribution is -2.69. The van der Waals surface area contributed by atoms with Crippen LogP contribution < -0.4 is 0 Å². The number of allylic oxidation sites excluding steroid dienone is 4. The van der Waals surface area contributed by atoms with Gasteiger partial charge >= 0.3 is 6.18 Å². The van der Waals surface area contributed by atoms with E-state index in [2.05, 4.69) is 0 Å². The third-order valence-corrected chi connectivity index (χ3v) is 10.9. The van der Waals surface area contributed by atoms with Crippen LogP contribution in [0.4, 0.5) is 22.0 Å². The van der Waals surface area contributed by atoms with Crippen molar-refractivity contribution in [1.29, 1.82) is 0 Å². The van der Waals surface area contributed by atoms with Crippen molar-refractivity contribution >= 4 is 11.6 Å². The largest absolute Gasteiger partial charge is 0.416 e. The number of fused-ring (bicyclic) bond motifs is 7. The molecule has 2 saturated carbocycles. The molecule has 6 rings (SSSR count). The highest BCUT2D eigenvalue weighted by Gasteiger charge is 2.79. The minimum absolute atomic E-state index is 0.0460. The van der Waals surface area contributed by atoms with Crippen LogP contribution in [-0.2, 0) is 27.1 Å². The molecule has 6 nitrogen and oxygen atoms in total. The van der Waals surface area contributed by atoms with E-state index in [0.29, 0.717) is 5.56 Å². The Bertz CT molecular complexity index is 1360. The van der Waals surface area contributed by atoms with Crippen molar-refractivity contribution in [2.75, 3.05) is 13.2 Å². The molecular formula is C30H32F5NO5. The van der Waals surface area contributed by atoms with Crippen molar-refractivity contribution in [3.8, 4) is 0 Å². The molecule has 5 aliphatic rings. The molecule has 0 amide bonds. The van der Waals surface area contributed by atoms with Crippen LogP contribution in [0.1, 0.15) is 50.7 Å². The number of benzene rings is 1. The van der Waals surface area contributed by atoms with Crippen LogP contribution in [0.15, 0.2) is 47.8 Å². The topological polar surface area (TPSA) is 87.1 Å². The Morgan fingerprint density at radius 2 is 1.85 bits per heavy atom. The summed E-state index contributed by atoms with van der Waals surface area (Å²) < 4.78 is 72.1. The summed E-state index contributed by atoms with van der Waals surface area (Å²) in [5.41, 5.74) is -6.91. The van der Waals surface area contributed by atoms with E-state index in [9.17, 15) is 33.0 Å². The maximum atomic E-state index is 17.4. The molecule has 1 heterocycles. The first-order valence-corrected chi connectivity index (χ1v) is 13.8. The number of ketones is 2. The average Bonchev–Trinajstić information content (AvgIpc) is 3.38. The molecule has 3 fully saturated rings. The van der Waals surface area contributed by atoms with Gasteiger partial charge in [-0.3, -0.25) is 14.4 Å². The van der Waals surface area contributed by atoms with Gasteiger partial charge in [0, 0.05) is 48.6 Å². The molecule has 41 heavy (non-hydrogen) atoms. The van der Waals surface area contributed by atoms with E-state index in [0.717, 1.165) is 12.1 Å². The number of hydroxylamine groups is 2. The molecule has 1 aromatic carbocycles. The fourth-order valence-corrected chi connectivity index (χ4v) is 9.01. The van der Waals surface area contributed by atoms with Crippen LogP contribution >= 0.6 is 0 Å². The number of rotatable bonds is 4. The number of aliphatic hydroxyl groups excluding tert-OH is 2. The second kappa shape index (κ2) is 9.02. The summed E-state index contributed by atoms with van der Waals surface area (Å²) in [6, 6.07) is 4.57. The van der Waals surface area contributed by atoms with Gasteiger partial charge in [0.15, 0.2) is 22.8 Å². The van der Waals surface area contributed by atoms with Crippen molar-refractivity contribution in [3.05, 3.63) is 58.9 Å². The van der Waals surface area contributed by atoms with Gasteiger partial charge in [-0.1, -0.05) is 25.1 Å². The zero-order chi connectivity index (χ0) is 29.8. The number of nitrogens with zero attached hydrogens (tertiary/aromatic N) is 1. The first kappa shape index (κ1) is 28.6. The van der Waals surface area contributed by atoms with Gasteiger partial charge in [-0.2, -0.15) is 18.2 Å². The van der Waals surface area contributed by atoms with E-state index >= 15 is 8.78 Å². The predicted octanol–water partition coefficient (Wildman–Crippen LogP) is 4.65. The lowest BCUT2D eigenvalue weighted by molar-refractivity contribution is -0.267. The van der Waals surface area contributed by atoms with E-state index in [1.54, 1.807) is 6.92 Å². The van der Waals surface area contributed by atoms with E-state index in [1.807, 2.05) is 0 Å². The van der Waals surface area contributed by atoms with Gasteiger partial charge in [-0.25, -0.2) is 8.78 Å². The quantitative estimate of drug-likeness (QED) is 0.504. The lowest BCUT2D eigenvalue weighted by Gasteiger charge is -2.62. The van der Waals surface area contributed by atoms with Gasteiger partial charge in [0.25, 0.3) is 0 Å². The van der Waals surface area contributed by atoms with Crippen LogP contribution in [-0.4, -0.2) is 57.4 Å². The number of hydrogen-bond donors (Lipinski definition) is 2. The molecule has 0 aromatic heterocycles. The Morgan fingerprint density at radius 1 is 1.17 bits per heavy atom. The monoisotopic (exact) mass is 581 g/mol. The molecule has 1 aromatic rings. The number of aliphatic hydroxyl groups is 2. The molecule has 0 spiro atoms. The minimum Gasteiger partial charge on any atom is -0.390 e. The maximum Gasteiger partial charge on any atom is 0.416 e. The van der Waals surface area contributed by atoms with Crippen LogP contribution in [0.25, 0.3) is 0 Å². The van der Waals surface area contributed by atoms with Gasteiger partial charge in [-0.15, -0.1) is 0 Å². The Kier molecular flexibility index (Phi) is 6.30. The van der Waals surface area contributed by atoms with Gasteiger partial charge < -0.3 is 10.2 Å². The summed E-state index contributed by atoms with van der Waals surface area (Å²) in [4.78, 5) is 32.0. The average molecular weight is 582 g/mol. The number of halogens is 5. The Labute approximate surface area is 233 Å². The Morgan fingerprint density at radius 3 is 2.49 bits per heavy atom. The predicted molar refractivity (Wildman–Crippen MR) is 135 cm³/mol. The maximum absolute atomic E-state index is 17.4. The molecular weight excluding hydrogens is 549 g/mol. The molecule has 0 bridgehead atoms. The third-order valence-electron chi connectivity index (χ3n) is 10.9. The van der Waals surface area contributed by atoms with E-state index in [4.69, 9.17) is 4.84 Å². The third kappa shape index (κ3) is 3.68. The summed E-state index contributed by atoms with van der Waals surface area (Å²) in [6.07, 6.45) is -4.04. The molecule has 0 radical (unpaired) electrons. The highest BCUT2D eigenvalue weighted by molar-refractivity contribution is 5.94. The first-order chi connectivity index (χ1) is 19.1. The zero-order valence-corrected chi connectivity index (χ0v) is 22.7. The zero-order valence-electron chi connectivity index (χ0n) is 22.7.